The summed E-state index contributed by atoms with van der Waals surface area (Å²) >= 11 is 1.58. The third-order valence-corrected chi connectivity index (χ3v) is 6.06. The third-order valence-electron chi connectivity index (χ3n) is 5.41. The summed E-state index contributed by atoms with van der Waals surface area (Å²) in [6.07, 6.45) is 3.46. The maximum atomic E-state index is 13.3. The zero-order valence-electron chi connectivity index (χ0n) is 22.1. The number of hydrogen-bond acceptors (Lipinski definition) is 6. The molecule has 2 atom stereocenters. The molecule has 2 rings (SSSR count). The molecule has 0 fully saturated rings. The molecule has 0 heterocycles. The van der Waals surface area contributed by atoms with E-state index in [9.17, 15) is 19.5 Å². The van der Waals surface area contributed by atoms with Crippen molar-refractivity contribution >= 4 is 29.7 Å². The molecule has 9 heteroatoms. The lowest BCUT2D eigenvalue weighted by atomic mass is 10.0. The SMILES string of the molecule is CSCC[C@H](NC(=O)[C@H](Cc1ccc(O)cc1)NC(=O)OC(C)(C)C)C(=O)NCCCc1ccccc1. The second-order valence-electron chi connectivity index (χ2n) is 9.79. The van der Waals surface area contributed by atoms with Gasteiger partial charge in [-0.2, -0.15) is 11.8 Å². The van der Waals surface area contributed by atoms with Gasteiger partial charge < -0.3 is 25.8 Å². The molecule has 0 unspecified atom stereocenters. The van der Waals surface area contributed by atoms with Crippen LogP contribution in [-0.4, -0.2) is 59.3 Å². The Morgan fingerprint density at radius 2 is 1.59 bits per heavy atom. The average Bonchev–Trinajstić information content (AvgIpc) is 2.84. The molecule has 3 amide bonds. The summed E-state index contributed by atoms with van der Waals surface area (Å²) in [6.45, 7) is 5.71. The van der Waals surface area contributed by atoms with Gasteiger partial charge in [-0.3, -0.25) is 9.59 Å². The van der Waals surface area contributed by atoms with Gasteiger partial charge in [-0.1, -0.05) is 42.5 Å². The van der Waals surface area contributed by atoms with Gasteiger partial charge >= 0.3 is 6.09 Å². The summed E-state index contributed by atoms with van der Waals surface area (Å²) in [6, 6.07) is 14.7. The number of aromatic hydroxyl groups is 1. The van der Waals surface area contributed by atoms with E-state index in [-0.39, 0.29) is 18.1 Å². The monoisotopic (exact) mass is 529 g/mol. The molecule has 0 aromatic heterocycles. The van der Waals surface area contributed by atoms with Crippen LogP contribution >= 0.6 is 11.8 Å². The molecule has 0 aliphatic rings. The van der Waals surface area contributed by atoms with Crippen LogP contribution in [0.3, 0.4) is 0 Å². The lowest BCUT2D eigenvalue weighted by Crippen LogP contribution is -2.55. The quantitative estimate of drug-likeness (QED) is 0.293. The first-order valence-corrected chi connectivity index (χ1v) is 13.8. The Labute approximate surface area is 223 Å². The number of alkyl carbamates (subject to hydrolysis) is 1. The highest BCUT2D eigenvalue weighted by molar-refractivity contribution is 7.98. The van der Waals surface area contributed by atoms with E-state index in [1.165, 1.54) is 17.7 Å². The van der Waals surface area contributed by atoms with Crippen molar-refractivity contribution in [2.45, 2.75) is 64.1 Å². The fraction of sp³-hybridized carbons (Fsp3) is 0.464. The van der Waals surface area contributed by atoms with Crippen molar-refractivity contribution in [3.05, 3.63) is 65.7 Å². The maximum absolute atomic E-state index is 13.3. The number of ether oxygens (including phenoxy) is 1. The van der Waals surface area contributed by atoms with Crippen molar-refractivity contribution in [1.82, 2.24) is 16.0 Å². The highest BCUT2D eigenvalue weighted by Crippen LogP contribution is 2.13. The van der Waals surface area contributed by atoms with Crippen molar-refractivity contribution in [2.24, 2.45) is 0 Å². The summed E-state index contributed by atoms with van der Waals surface area (Å²) in [7, 11) is 0. The number of phenolic OH excluding ortho intramolecular Hbond substituents is 1. The molecule has 0 bridgehead atoms. The van der Waals surface area contributed by atoms with Gasteiger partial charge in [-0.05, 0) is 75.3 Å². The van der Waals surface area contributed by atoms with Crippen molar-refractivity contribution in [3.8, 4) is 5.75 Å². The van der Waals surface area contributed by atoms with Gasteiger partial charge in [0.25, 0.3) is 0 Å². The molecule has 202 valence electrons. The highest BCUT2D eigenvalue weighted by Gasteiger charge is 2.28. The number of amides is 3. The summed E-state index contributed by atoms with van der Waals surface area (Å²) in [5.41, 5.74) is 1.21. The fourth-order valence-corrected chi connectivity index (χ4v) is 4.05. The van der Waals surface area contributed by atoms with Gasteiger partial charge in [-0.25, -0.2) is 4.79 Å². The Bertz CT molecular complexity index is 993. The van der Waals surface area contributed by atoms with Crippen LogP contribution in [0.25, 0.3) is 0 Å². The molecule has 8 nitrogen and oxygen atoms in total. The van der Waals surface area contributed by atoms with Gasteiger partial charge in [0.1, 0.15) is 23.4 Å². The molecular weight excluding hydrogens is 490 g/mol. The summed E-state index contributed by atoms with van der Waals surface area (Å²) in [5.74, 6) is 0.0522. The van der Waals surface area contributed by atoms with Gasteiger partial charge in [0.2, 0.25) is 11.8 Å². The molecule has 2 aromatic rings. The van der Waals surface area contributed by atoms with Crippen molar-refractivity contribution in [2.75, 3.05) is 18.6 Å². The Morgan fingerprint density at radius 3 is 2.22 bits per heavy atom. The second kappa shape index (κ2) is 15.1. The predicted octanol–water partition coefficient (Wildman–Crippen LogP) is 3.81. The number of nitrogens with one attached hydrogen (secondary N) is 3. The fourth-order valence-electron chi connectivity index (χ4n) is 3.58. The van der Waals surface area contributed by atoms with E-state index in [2.05, 4.69) is 28.1 Å². The number of carbonyl (C=O) groups is 3. The number of phenols is 1. The standard InChI is InChI=1S/C28H39N3O5S/c1-28(2,3)36-27(35)31-24(19-21-12-14-22(32)15-13-21)26(34)30-23(16-18-37-4)25(33)29-17-8-11-20-9-6-5-7-10-20/h5-7,9-10,12-15,23-24,32H,8,11,16-19H2,1-4H3,(H,29,33)(H,30,34)(H,31,35)/t23-,24-/m0/s1. The number of rotatable bonds is 13. The van der Waals surface area contributed by atoms with Crippen molar-refractivity contribution < 1.29 is 24.2 Å². The van der Waals surface area contributed by atoms with E-state index in [1.807, 2.05) is 24.5 Å². The predicted molar refractivity (Wildman–Crippen MR) is 148 cm³/mol. The lowest BCUT2D eigenvalue weighted by Gasteiger charge is -2.25. The van der Waals surface area contributed by atoms with Crippen LogP contribution in [0.5, 0.6) is 5.75 Å². The Hall–Kier alpha value is -3.20. The third kappa shape index (κ3) is 12.1. The summed E-state index contributed by atoms with van der Waals surface area (Å²) in [4.78, 5) is 38.7. The summed E-state index contributed by atoms with van der Waals surface area (Å²) in [5, 5.41) is 18.0. The minimum absolute atomic E-state index is 0.103. The van der Waals surface area contributed by atoms with E-state index in [4.69, 9.17) is 4.74 Å². The van der Waals surface area contributed by atoms with Crippen LogP contribution in [0.1, 0.15) is 44.7 Å². The van der Waals surface area contributed by atoms with E-state index in [0.717, 1.165) is 18.4 Å². The normalized spacial score (nSPS) is 12.8. The van der Waals surface area contributed by atoms with Crippen LogP contribution < -0.4 is 16.0 Å². The number of thioether (sulfide) groups is 1. The van der Waals surface area contributed by atoms with Gasteiger partial charge in [0.15, 0.2) is 0 Å². The van der Waals surface area contributed by atoms with E-state index >= 15 is 0 Å². The van der Waals surface area contributed by atoms with Crippen molar-refractivity contribution in [1.29, 1.82) is 0 Å². The van der Waals surface area contributed by atoms with E-state index in [0.29, 0.717) is 18.7 Å². The molecule has 0 radical (unpaired) electrons. The largest absolute Gasteiger partial charge is 0.508 e. The zero-order chi connectivity index (χ0) is 27.3. The molecule has 4 N–H and O–H groups in total. The van der Waals surface area contributed by atoms with Crippen LogP contribution in [0.4, 0.5) is 4.79 Å². The summed E-state index contributed by atoms with van der Waals surface area (Å²) < 4.78 is 5.34. The number of hydrogen-bond donors (Lipinski definition) is 4. The number of benzene rings is 2. The maximum Gasteiger partial charge on any atom is 0.408 e. The molecular formula is C28H39N3O5S. The first-order valence-electron chi connectivity index (χ1n) is 12.5. The average molecular weight is 530 g/mol. The van der Waals surface area contributed by atoms with Gasteiger partial charge in [0.05, 0.1) is 0 Å². The number of carbonyl (C=O) groups excluding carboxylic acids is 3. The molecule has 2 aromatic carbocycles. The van der Waals surface area contributed by atoms with Crippen LogP contribution in [0, 0.1) is 0 Å². The lowest BCUT2D eigenvalue weighted by molar-refractivity contribution is -0.130. The molecule has 0 aliphatic heterocycles. The minimum Gasteiger partial charge on any atom is -0.508 e. The van der Waals surface area contributed by atoms with E-state index < -0.39 is 29.7 Å². The Balaban J connectivity index is 2.04. The molecule has 0 aliphatic carbocycles. The van der Waals surface area contributed by atoms with Crippen LogP contribution in [-0.2, 0) is 27.2 Å². The zero-order valence-corrected chi connectivity index (χ0v) is 22.9. The van der Waals surface area contributed by atoms with E-state index in [1.54, 1.807) is 44.7 Å². The minimum atomic E-state index is -0.970. The van der Waals surface area contributed by atoms with Gasteiger partial charge in [-0.15, -0.1) is 0 Å². The molecule has 0 spiro atoms. The van der Waals surface area contributed by atoms with Crippen molar-refractivity contribution in [3.63, 3.8) is 0 Å². The smallest absolute Gasteiger partial charge is 0.408 e. The molecule has 0 saturated carbocycles. The first-order chi connectivity index (χ1) is 17.6. The topological polar surface area (TPSA) is 117 Å². The van der Waals surface area contributed by atoms with Crippen LogP contribution in [0.15, 0.2) is 54.6 Å². The Kier molecular flexibility index (Phi) is 12.3. The second-order valence-corrected chi connectivity index (χ2v) is 10.8. The van der Waals surface area contributed by atoms with Gasteiger partial charge in [0, 0.05) is 13.0 Å². The molecule has 0 saturated heterocycles. The first kappa shape index (κ1) is 30.0. The number of aryl methyl sites for hydroxylation is 1. The van der Waals surface area contributed by atoms with Crippen LogP contribution in [0.2, 0.25) is 0 Å². The molecule has 37 heavy (non-hydrogen) atoms. The highest BCUT2D eigenvalue weighted by atomic mass is 32.2. The Morgan fingerprint density at radius 1 is 0.919 bits per heavy atom.